The minimum absolute atomic E-state index is 0.0541. The molecule has 3 unspecified atom stereocenters. The van der Waals surface area contributed by atoms with Gasteiger partial charge in [-0.1, -0.05) is 260 Å². The van der Waals surface area contributed by atoms with E-state index in [9.17, 15) is 19.8 Å². The maximum absolute atomic E-state index is 13.3. The van der Waals surface area contributed by atoms with E-state index in [2.05, 4.69) is 86.8 Å². The molecule has 0 spiro atoms. The van der Waals surface area contributed by atoms with Crippen molar-refractivity contribution < 1.29 is 24.5 Å². The molecule has 0 saturated heterocycles. The van der Waals surface area contributed by atoms with Crippen molar-refractivity contribution in [3.05, 3.63) is 85.1 Å². The van der Waals surface area contributed by atoms with Gasteiger partial charge >= 0.3 is 5.97 Å². The van der Waals surface area contributed by atoms with Crippen LogP contribution in [-0.2, 0) is 14.3 Å². The maximum Gasteiger partial charge on any atom is 0.306 e. The van der Waals surface area contributed by atoms with Crippen molar-refractivity contribution in [3.8, 4) is 0 Å². The van der Waals surface area contributed by atoms with Gasteiger partial charge in [0.1, 0.15) is 6.10 Å². The van der Waals surface area contributed by atoms with Crippen molar-refractivity contribution in [2.45, 2.75) is 283 Å². The van der Waals surface area contributed by atoms with Crippen LogP contribution in [-0.4, -0.2) is 46.9 Å². The first kappa shape index (κ1) is 64.0. The Morgan fingerprint density at radius 2 is 0.851 bits per heavy atom. The lowest BCUT2D eigenvalue weighted by atomic mass is 10.0. The lowest BCUT2D eigenvalue weighted by Crippen LogP contribution is -2.46. The Balaban J connectivity index is 4.65. The number of hydrogen-bond donors (Lipinski definition) is 3. The number of unbranched alkanes of at least 4 members (excludes halogenated alkanes) is 28. The molecule has 0 aromatic carbocycles. The van der Waals surface area contributed by atoms with Crippen LogP contribution in [0.4, 0.5) is 0 Å². The molecule has 6 heteroatoms. The summed E-state index contributed by atoms with van der Waals surface area (Å²) in [6, 6.07) is -0.717. The molecular formula is C61H107NO5. The van der Waals surface area contributed by atoms with Crippen LogP contribution in [0.2, 0.25) is 0 Å². The van der Waals surface area contributed by atoms with Crippen molar-refractivity contribution in [3.63, 3.8) is 0 Å². The van der Waals surface area contributed by atoms with Gasteiger partial charge in [-0.2, -0.15) is 0 Å². The summed E-state index contributed by atoms with van der Waals surface area (Å²) < 4.78 is 5.94. The molecule has 3 N–H and O–H groups in total. The van der Waals surface area contributed by atoms with Gasteiger partial charge in [-0.05, 0) is 77.0 Å². The fourth-order valence-electron chi connectivity index (χ4n) is 8.26. The highest BCUT2D eigenvalue weighted by Crippen LogP contribution is 2.18. The largest absolute Gasteiger partial charge is 0.462 e. The molecule has 386 valence electrons. The summed E-state index contributed by atoms with van der Waals surface area (Å²) in [5, 5.41) is 23.9. The second kappa shape index (κ2) is 54.0. The molecule has 3 atom stereocenters. The van der Waals surface area contributed by atoms with Crippen LogP contribution in [0, 0.1) is 0 Å². The quantitative estimate of drug-likeness (QED) is 0.0244. The number of esters is 1. The van der Waals surface area contributed by atoms with E-state index in [1.54, 1.807) is 0 Å². The predicted octanol–water partition coefficient (Wildman–Crippen LogP) is 17.5. The van der Waals surface area contributed by atoms with Gasteiger partial charge in [0.2, 0.25) is 5.91 Å². The number of allylic oxidation sites excluding steroid dienone is 14. The highest BCUT2D eigenvalue weighted by Gasteiger charge is 2.24. The van der Waals surface area contributed by atoms with Gasteiger partial charge in [-0.15, -0.1) is 0 Å². The van der Waals surface area contributed by atoms with Crippen molar-refractivity contribution in [1.82, 2.24) is 5.32 Å². The van der Waals surface area contributed by atoms with Crippen LogP contribution in [0.5, 0.6) is 0 Å². The molecule has 67 heavy (non-hydrogen) atoms. The third kappa shape index (κ3) is 49.3. The Morgan fingerprint density at radius 1 is 0.448 bits per heavy atom. The number of nitrogens with one attached hydrogen (secondary N) is 1. The van der Waals surface area contributed by atoms with Crippen LogP contribution in [0.1, 0.15) is 265 Å². The average Bonchev–Trinajstić information content (AvgIpc) is 3.32. The van der Waals surface area contributed by atoms with Crippen molar-refractivity contribution in [2.75, 3.05) is 6.61 Å². The molecule has 1 amide bonds. The standard InChI is InChI=1S/C61H107NO5/c1-4-7-10-13-16-19-22-25-28-29-30-33-36-39-42-45-48-51-54-61(66)67-57(52-49-46-43-40-37-34-31-26-23-20-17-14-11-8-5-2)55-60(65)62-58(56-63)59(64)53-50-47-44-41-38-35-32-27-24-21-18-15-12-9-6-3/h10,13,16-17,19-20,22,25-26,28-31,33,57-59,63-64H,4-9,11-12,14-15,18,21,23-24,27,32,34-56H2,1-3H3,(H,62,65)/b13-10+,19-16+,20-17-,25-22+,29-28+,31-26-,33-30+. The molecule has 0 aromatic heterocycles. The van der Waals surface area contributed by atoms with E-state index in [-0.39, 0.29) is 24.9 Å². The third-order valence-corrected chi connectivity index (χ3v) is 12.6. The first-order valence-electron chi connectivity index (χ1n) is 28.4. The second-order valence-corrected chi connectivity index (χ2v) is 19.1. The Kier molecular flexibility index (Phi) is 51.6. The number of carbonyl (C=O) groups is 2. The summed E-state index contributed by atoms with van der Waals surface area (Å²) >= 11 is 0. The molecule has 0 radical (unpaired) electrons. The minimum atomic E-state index is -0.801. The van der Waals surface area contributed by atoms with Crippen molar-refractivity contribution in [2.24, 2.45) is 0 Å². The molecular weight excluding hydrogens is 827 g/mol. The van der Waals surface area contributed by atoms with Gasteiger partial charge in [0.05, 0.1) is 25.2 Å². The van der Waals surface area contributed by atoms with Gasteiger partial charge in [0, 0.05) is 6.42 Å². The number of rotatable bonds is 50. The van der Waals surface area contributed by atoms with E-state index >= 15 is 0 Å². The van der Waals surface area contributed by atoms with Crippen LogP contribution in [0.3, 0.4) is 0 Å². The van der Waals surface area contributed by atoms with Crippen LogP contribution >= 0.6 is 0 Å². The van der Waals surface area contributed by atoms with E-state index in [0.717, 1.165) is 103 Å². The summed E-state index contributed by atoms with van der Waals surface area (Å²) in [6.07, 6.45) is 70.6. The Hall–Kier alpha value is -2.96. The number of aliphatic hydroxyl groups is 2. The van der Waals surface area contributed by atoms with Crippen LogP contribution in [0.15, 0.2) is 85.1 Å². The molecule has 6 nitrogen and oxygen atoms in total. The van der Waals surface area contributed by atoms with Gasteiger partial charge < -0.3 is 20.3 Å². The smallest absolute Gasteiger partial charge is 0.306 e. The number of carbonyl (C=O) groups excluding carboxylic acids is 2. The normalized spacial score (nSPS) is 13.8. The zero-order valence-electron chi connectivity index (χ0n) is 44.0. The van der Waals surface area contributed by atoms with Gasteiger partial charge in [0.25, 0.3) is 0 Å². The summed E-state index contributed by atoms with van der Waals surface area (Å²) in [6.45, 7) is 6.38. The molecule has 0 aromatic rings. The van der Waals surface area contributed by atoms with Gasteiger partial charge in [-0.25, -0.2) is 0 Å². The fourth-order valence-corrected chi connectivity index (χ4v) is 8.26. The molecule has 0 rings (SSSR count). The topological polar surface area (TPSA) is 95.9 Å². The monoisotopic (exact) mass is 934 g/mol. The summed E-state index contributed by atoms with van der Waals surface area (Å²) in [5.41, 5.74) is 0. The minimum Gasteiger partial charge on any atom is -0.462 e. The molecule has 0 aliphatic rings. The Labute approximate surface area is 414 Å². The lowest BCUT2D eigenvalue weighted by Gasteiger charge is -2.24. The molecule has 0 aliphatic heterocycles. The maximum atomic E-state index is 13.3. The molecule has 0 aliphatic carbocycles. The van der Waals surface area contributed by atoms with Crippen LogP contribution in [0.25, 0.3) is 0 Å². The number of amides is 1. The number of aliphatic hydroxyl groups excluding tert-OH is 2. The Bertz CT molecular complexity index is 1280. The third-order valence-electron chi connectivity index (χ3n) is 12.6. The lowest BCUT2D eigenvalue weighted by molar-refractivity contribution is -0.151. The van der Waals surface area contributed by atoms with Gasteiger partial charge in [-0.3, -0.25) is 9.59 Å². The Morgan fingerprint density at radius 3 is 1.36 bits per heavy atom. The van der Waals surface area contributed by atoms with E-state index in [1.165, 1.54) is 116 Å². The fraction of sp³-hybridized carbons (Fsp3) is 0.738. The SMILES string of the molecule is CCC/C=C/C=C/C=C/C=C/C=C/CCCCCCCC(=O)OC(CCCCCCC/C=C\C/C=C\CCCCC)CC(=O)NC(CO)C(O)CCCCCCCCCCCCCCCCC. The number of ether oxygens (including phenoxy) is 1. The zero-order valence-corrected chi connectivity index (χ0v) is 44.0. The summed E-state index contributed by atoms with van der Waals surface area (Å²) in [5.74, 6) is -0.515. The van der Waals surface area contributed by atoms with Crippen molar-refractivity contribution in [1.29, 1.82) is 0 Å². The number of hydrogen-bond acceptors (Lipinski definition) is 5. The average molecular weight is 935 g/mol. The molecule has 0 heterocycles. The zero-order chi connectivity index (χ0) is 48.8. The predicted molar refractivity (Wildman–Crippen MR) is 291 cm³/mol. The highest BCUT2D eigenvalue weighted by molar-refractivity contribution is 5.77. The molecule has 0 bridgehead atoms. The first-order chi connectivity index (χ1) is 33.0. The second-order valence-electron chi connectivity index (χ2n) is 19.1. The summed E-state index contributed by atoms with van der Waals surface area (Å²) in [7, 11) is 0. The molecule has 0 fully saturated rings. The van der Waals surface area contributed by atoms with Gasteiger partial charge in [0.15, 0.2) is 0 Å². The van der Waals surface area contributed by atoms with E-state index in [0.29, 0.717) is 19.3 Å². The summed E-state index contributed by atoms with van der Waals surface area (Å²) in [4.78, 5) is 26.3. The first-order valence-corrected chi connectivity index (χ1v) is 28.4. The van der Waals surface area contributed by atoms with Crippen molar-refractivity contribution >= 4 is 11.9 Å². The van der Waals surface area contributed by atoms with E-state index in [4.69, 9.17) is 4.74 Å². The van der Waals surface area contributed by atoms with Crippen LogP contribution < -0.4 is 5.32 Å². The highest BCUT2D eigenvalue weighted by atomic mass is 16.5. The van der Waals surface area contributed by atoms with E-state index in [1.807, 2.05) is 24.3 Å². The molecule has 0 saturated carbocycles. The van der Waals surface area contributed by atoms with E-state index < -0.39 is 18.2 Å².